The predicted octanol–water partition coefficient (Wildman–Crippen LogP) is -0.290. The summed E-state index contributed by atoms with van der Waals surface area (Å²) in [5.74, 6) is 1.41. The van der Waals surface area contributed by atoms with E-state index in [9.17, 15) is 9.59 Å². The van der Waals surface area contributed by atoms with Gasteiger partial charge < -0.3 is 9.15 Å². The molecule has 4 heterocycles. The van der Waals surface area contributed by atoms with E-state index in [0.29, 0.717) is 25.5 Å². The lowest BCUT2D eigenvalue weighted by molar-refractivity contribution is -0.0859. The minimum Gasteiger partial charge on any atom is -0.468 e. The van der Waals surface area contributed by atoms with Crippen LogP contribution in [0.5, 0.6) is 0 Å². The zero-order chi connectivity index (χ0) is 16.0. The molecule has 0 bridgehead atoms. The third-order valence-electron chi connectivity index (χ3n) is 4.61. The Balaban J connectivity index is 1.57. The van der Waals surface area contributed by atoms with Gasteiger partial charge in [0.2, 0.25) is 0 Å². The van der Waals surface area contributed by atoms with Crippen LogP contribution in [0.25, 0.3) is 0 Å². The second-order valence-corrected chi connectivity index (χ2v) is 6.25. The SMILES string of the molecule is Cn1nc2n(c(=O)c1=O)C[C@]1(CCN(Cc3ccco3)C1)OC2. The van der Waals surface area contributed by atoms with Crippen LogP contribution in [0.3, 0.4) is 0 Å². The molecule has 1 atom stereocenters. The summed E-state index contributed by atoms with van der Waals surface area (Å²) in [6, 6.07) is 3.82. The standard InChI is InChI=1S/C15H18N4O4/c1-17-13(20)14(21)19-10-15(23-8-12(19)16-17)4-5-18(9-15)7-11-3-2-6-22-11/h2-3,6H,4-5,7-10H2,1H3/t15-/m1/s1. The Morgan fingerprint density at radius 2 is 2.17 bits per heavy atom. The first-order valence-corrected chi connectivity index (χ1v) is 7.62. The van der Waals surface area contributed by atoms with E-state index < -0.39 is 16.7 Å². The molecule has 1 spiro atoms. The fraction of sp³-hybridized carbons (Fsp3) is 0.533. The van der Waals surface area contributed by atoms with Crippen molar-refractivity contribution in [3.63, 3.8) is 0 Å². The fourth-order valence-electron chi connectivity index (χ4n) is 3.40. The first-order chi connectivity index (χ1) is 11.1. The van der Waals surface area contributed by atoms with Gasteiger partial charge in [-0.25, -0.2) is 4.68 Å². The smallest absolute Gasteiger partial charge is 0.332 e. The topological polar surface area (TPSA) is 82.5 Å². The summed E-state index contributed by atoms with van der Waals surface area (Å²) in [7, 11) is 1.48. The third-order valence-corrected chi connectivity index (χ3v) is 4.61. The number of furan rings is 1. The molecule has 8 nitrogen and oxygen atoms in total. The number of fused-ring (bicyclic) bond motifs is 1. The highest BCUT2D eigenvalue weighted by molar-refractivity contribution is 5.03. The van der Waals surface area contributed by atoms with E-state index in [-0.39, 0.29) is 6.61 Å². The highest BCUT2D eigenvalue weighted by Gasteiger charge is 2.43. The van der Waals surface area contributed by atoms with Gasteiger partial charge in [-0.05, 0) is 18.6 Å². The van der Waals surface area contributed by atoms with Crippen LogP contribution in [0, 0.1) is 0 Å². The summed E-state index contributed by atoms with van der Waals surface area (Å²) < 4.78 is 14.0. The van der Waals surface area contributed by atoms with Gasteiger partial charge in [0.1, 0.15) is 18.0 Å². The van der Waals surface area contributed by atoms with Crippen molar-refractivity contribution in [2.75, 3.05) is 13.1 Å². The maximum Gasteiger partial charge on any atom is 0.332 e. The minimum absolute atomic E-state index is 0.248. The number of nitrogens with zero attached hydrogens (tertiary/aromatic N) is 4. The normalized spacial score (nSPS) is 24.2. The van der Waals surface area contributed by atoms with Crippen molar-refractivity contribution in [3.8, 4) is 0 Å². The fourth-order valence-corrected chi connectivity index (χ4v) is 3.40. The van der Waals surface area contributed by atoms with Gasteiger partial charge in [0.05, 0.1) is 19.4 Å². The molecule has 0 radical (unpaired) electrons. The average molecular weight is 318 g/mol. The lowest BCUT2D eigenvalue weighted by Gasteiger charge is -2.35. The molecule has 0 amide bonds. The number of hydrogen-bond acceptors (Lipinski definition) is 6. The van der Waals surface area contributed by atoms with Crippen LogP contribution in [0.2, 0.25) is 0 Å². The van der Waals surface area contributed by atoms with E-state index in [1.165, 1.54) is 11.6 Å². The van der Waals surface area contributed by atoms with Crippen LogP contribution < -0.4 is 11.1 Å². The quantitative estimate of drug-likeness (QED) is 0.708. The molecule has 2 aromatic rings. The monoisotopic (exact) mass is 318 g/mol. The van der Waals surface area contributed by atoms with Crippen LogP contribution in [-0.4, -0.2) is 37.9 Å². The van der Waals surface area contributed by atoms with Crippen LogP contribution in [0.1, 0.15) is 18.0 Å². The molecule has 8 heteroatoms. The van der Waals surface area contributed by atoms with Crippen molar-refractivity contribution in [1.29, 1.82) is 0 Å². The number of aryl methyl sites for hydroxylation is 1. The van der Waals surface area contributed by atoms with E-state index in [0.717, 1.165) is 23.4 Å². The zero-order valence-electron chi connectivity index (χ0n) is 12.9. The highest BCUT2D eigenvalue weighted by Crippen LogP contribution is 2.31. The molecule has 0 N–H and O–H groups in total. The number of hydrogen-bond donors (Lipinski definition) is 0. The second-order valence-electron chi connectivity index (χ2n) is 6.25. The Morgan fingerprint density at radius 1 is 1.30 bits per heavy atom. The highest BCUT2D eigenvalue weighted by atomic mass is 16.5. The first kappa shape index (κ1) is 14.4. The molecular weight excluding hydrogens is 300 g/mol. The zero-order valence-corrected chi connectivity index (χ0v) is 12.9. The number of ether oxygens (including phenoxy) is 1. The molecule has 0 aromatic carbocycles. The van der Waals surface area contributed by atoms with Crippen LogP contribution in [-0.2, 0) is 31.5 Å². The summed E-state index contributed by atoms with van der Waals surface area (Å²) in [4.78, 5) is 26.3. The molecule has 2 aliphatic rings. The van der Waals surface area contributed by atoms with Crippen LogP contribution in [0.4, 0.5) is 0 Å². The molecule has 4 rings (SSSR count). The van der Waals surface area contributed by atoms with Crippen molar-refractivity contribution in [1.82, 2.24) is 19.2 Å². The first-order valence-electron chi connectivity index (χ1n) is 7.62. The molecular formula is C15H18N4O4. The third kappa shape index (κ3) is 2.43. The van der Waals surface area contributed by atoms with Gasteiger partial charge in [-0.15, -0.1) is 0 Å². The Bertz CT molecular complexity index is 838. The number of aromatic nitrogens is 3. The maximum absolute atomic E-state index is 12.2. The van der Waals surface area contributed by atoms with Gasteiger partial charge >= 0.3 is 11.1 Å². The summed E-state index contributed by atoms with van der Waals surface area (Å²) in [6.07, 6.45) is 2.48. The number of rotatable bonds is 2. The molecule has 0 saturated carbocycles. The Labute approximate surface area is 131 Å². The van der Waals surface area contributed by atoms with Crippen LogP contribution in [0.15, 0.2) is 32.4 Å². The molecule has 1 fully saturated rings. The van der Waals surface area contributed by atoms with Crippen molar-refractivity contribution in [2.24, 2.45) is 7.05 Å². The Hall–Kier alpha value is -2.19. The van der Waals surface area contributed by atoms with Crippen molar-refractivity contribution >= 4 is 0 Å². The Morgan fingerprint density at radius 3 is 2.96 bits per heavy atom. The molecule has 23 heavy (non-hydrogen) atoms. The van der Waals surface area contributed by atoms with Gasteiger partial charge in [0, 0.05) is 20.1 Å². The molecule has 0 aliphatic carbocycles. The van der Waals surface area contributed by atoms with Gasteiger partial charge in [-0.3, -0.25) is 19.1 Å². The van der Waals surface area contributed by atoms with Crippen molar-refractivity contribution < 1.29 is 9.15 Å². The maximum atomic E-state index is 12.2. The van der Waals surface area contributed by atoms with Crippen molar-refractivity contribution in [2.45, 2.75) is 31.7 Å². The lowest BCUT2D eigenvalue weighted by Crippen LogP contribution is -2.52. The van der Waals surface area contributed by atoms with E-state index >= 15 is 0 Å². The molecule has 0 unspecified atom stereocenters. The molecule has 1 saturated heterocycles. The lowest BCUT2D eigenvalue weighted by atomic mass is 10.0. The molecule has 122 valence electrons. The van der Waals surface area contributed by atoms with E-state index in [1.807, 2.05) is 12.1 Å². The molecule has 2 aromatic heterocycles. The summed E-state index contributed by atoms with van der Waals surface area (Å²) in [6.45, 7) is 2.91. The summed E-state index contributed by atoms with van der Waals surface area (Å²) in [5, 5.41) is 4.12. The second kappa shape index (κ2) is 5.17. The van der Waals surface area contributed by atoms with E-state index in [2.05, 4.69) is 10.00 Å². The number of likely N-dealkylation sites (tertiary alicyclic amines) is 1. The Kier molecular flexibility index (Phi) is 3.24. The van der Waals surface area contributed by atoms with Gasteiger partial charge in [-0.2, -0.15) is 5.10 Å². The van der Waals surface area contributed by atoms with Gasteiger partial charge in [0.25, 0.3) is 0 Å². The predicted molar refractivity (Wildman–Crippen MR) is 79.9 cm³/mol. The van der Waals surface area contributed by atoms with E-state index in [1.54, 1.807) is 6.26 Å². The summed E-state index contributed by atoms with van der Waals surface area (Å²) in [5.41, 5.74) is -1.56. The van der Waals surface area contributed by atoms with Crippen molar-refractivity contribution in [3.05, 3.63) is 50.7 Å². The summed E-state index contributed by atoms with van der Waals surface area (Å²) >= 11 is 0. The van der Waals surface area contributed by atoms with Gasteiger partial charge in [-0.1, -0.05) is 0 Å². The van der Waals surface area contributed by atoms with Gasteiger partial charge in [0.15, 0.2) is 5.82 Å². The van der Waals surface area contributed by atoms with Crippen LogP contribution >= 0.6 is 0 Å². The average Bonchev–Trinajstić information content (AvgIpc) is 3.18. The minimum atomic E-state index is -0.601. The largest absolute Gasteiger partial charge is 0.468 e. The van der Waals surface area contributed by atoms with E-state index in [4.69, 9.17) is 9.15 Å². The molecule has 2 aliphatic heterocycles.